The maximum atomic E-state index is 13.7. The van der Waals surface area contributed by atoms with Crippen LogP contribution in [-0.4, -0.2) is 25.9 Å². The van der Waals surface area contributed by atoms with E-state index in [-0.39, 0.29) is 5.88 Å². The molecule has 0 radical (unpaired) electrons. The monoisotopic (exact) mass is 348 g/mol. The highest BCUT2D eigenvalue weighted by Crippen LogP contribution is 2.27. The summed E-state index contributed by atoms with van der Waals surface area (Å²) in [4.78, 5) is 12.0. The van der Waals surface area contributed by atoms with Gasteiger partial charge in [0.15, 0.2) is 5.82 Å². The van der Waals surface area contributed by atoms with Crippen LogP contribution in [0.3, 0.4) is 0 Å². The summed E-state index contributed by atoms with van der Waals surface area (Å²) < 4.78 is 19.1. The van der Waals surface area contributed by atoms with E-state index in [9.17, 15) is 4.39 Å². The van der Waals surface area contributed by atoms with E-state index in [2.05, 4.69) is 24.1 Å². The number of aromatic nitrogens is 1. The van der Waals surface area contributed by atoms with Crippen LogP contribution in [0.2, 0.25) is 0 Å². The van der Waals surface area contributed by atoms with E-state index in [1.54, 1.807) is 13.1 Å². The molecule has 25 heavy (non-hydrogen) atoms. The van der Waals surface area contributed by atoms with Crippen LogP contribution in [-0.2, 0) is 4.79 Å². The van der Waals surface area contributed by atoms with E-state index < -0.39 is 5.82 Å². The van der Waals surface area contributed by atoms with Crippen LogP contribution in [0.4, 0.5) is 4.39 Å². The lowest BCUT2D eigenvalue weighted by molar-refractivity contribution is -0.0979. The predicted octanol–water partition coefficient (Wildman–Crippen LogP) is 4.88. The Kier molecular flexibility index (Phi) is 11.9. The molecule has 0 bridgehead atoms. The first-order chi connectivity index (χ1) is 12.0. The van der Waals surface area contributed by atoms with Crippen molar-refractivity contribution in [1.82, 2.24) is 10.3 Å². The summed E-state index contributed by atoms with van der Waals surface area (Å²) >= 11 is 0. The van der Waals surface area contributed by atoms with Gasteiger partial charge in [0, 0.05) is 6.20 Å². The summed E-state index contributed by atoms with van der Waals surface area (Å²) in [5.74, 6) is 0.758. The normalized spacial score (nSPS) is 9.56. The number of ether oxygens (including phenoxy) is 1. The molecular formula is C20H29FN2O2. The first-order valence-electron chi connectivity index (χ1n) is 8.32. The molecule has 1 heterocycles. The van der Waals surface area contributed by atoms with Crippen molar-refractivity contribution in [3.8, 4) is 11.6 Å². The van der Waals surface area contributed by atoms with Gasteiger partial charge in [-0.2, -0.15) is 0 Å². The fourth-order valence-corrected chi connectivity index (χ4v) is 2.28. The fraction of sp³-hybridized carbons (Fsp3) is 0.400. The molecule has 2 aromatic rings. The lowest BCUT2D eigenvalue weighted by Gasteiger charge is -2.13. The highest BCUT2D eigenvalue weighted by Gasteiger charge is 2.09. The largest absolute Gasteiger partial charge is 0.436 e. The van der Waals surface area contributed by atoms with E-state index in [4.69, 9.17) is 9.53 Å². The number of pyridine rings is 1. The quantitative estimate of drug-likeness (QED) is 0.837. The Labute approximate surface area is 150 Å². The number of aryl methyl sites for hydroxylation is 1. The number of hydrogen-bond donors (Lipinski definition) is 1. The molecule has 4 nitrogen and oxygen atoms in total. The Morgan fingerprint density at radius 1 is 1.16 bits per heavy atom. The van der Waals surface area contributed by atoms with Gasteiger partial charge >= 0.3 is 0 Å². The molecule has 2 rings (SSSR count). The Morgan fingerprint density at radius 3 is 2.12 bits per heavy atom. The van der Waals surface area contributed by atoms with Crippen molar-refractivity contribution in [2.45, 2.75) is 39.5 Å². The van der Waals surface area contributed by atoms with Gasteiger partial charge < -0.3 is 14.8 Å². The molecular weight excluding hydrogens is 319 g/mol. The van der Waals surface area contributed by atoms with Gasteiger partial charge in [-0.1, -0.05) is 26.0 Å². The van der Waals surface area contributed by atoms with Crippen LogP contribution in [0.1, 0.15) is 43.7 Å². The molecule has 0 atom stereocenters. The lowest BCUT2D eigenvalue weighted by atomic mass is 9.94. The number of carbonyl (C=O) groups is 1. The molecule has 0 amide bonds. The maximum Gasteiger partial charge on any atom is 0.255 e. The zero-order valence-electron chi connectivity index (χ0n) is 15.8. The van der Waals surface area contributed by atoms with E-state index in [0.717, 1.165) is 18.4 Å². The van der Waals surface area contributed by atoms with Gasteiger partial charge in [0.1, 0.15) is 12.5 Å². The van der Waals surface area contributed by atoms with E-state index in [1.807, 2.05) is 45.1 Å². The van der Waals surface area contributed by atoms with Gasteiger partial charge in [-0.3, -0.25) is 0 Å². The van der Waals surface area contributed by atoms with Crippen LogP contribution in [0, 0.1) is 12.7 Å². The van der Waals surface area contributed by atoms with Crippen LogP contribution < -0.4 is 10.1 Å². The Hall–Kier alpha value is -2.27. The number of halogens is 1. The van der Waals surface area contributed by atoms with Crippen molar-refractivity contribution in [3.63, 3.8) is 0 Å². The summed E-state index contributed by atoms with van der Waals surface area (Å²) in [6.45, 7) is 8.17. The van der Waals surface area contributed by atoms with Crippen LogP contribution in [0.5, 0.6) is 11.6 Å². The Balaban J connectivity index is 0.00000104. The lowest BCUT2D eigenvalue weighted by Crippen LogP contribution is -1.96. The molecule has 0 aliphatic heterocycles. The highest BCUT2D eigenvalue weighted by atomic mass is 19.1. The van der Waals surface area contributed by atoms with Crippen molar-refractivity contribution < 1.29 is 13.9 Å². The second-order valence-electron chi connectivity index (χ2n) is 5.48. The van der Waals surface area contributed by atoms with Crippen molar-refractivity contribution in [1.29, 1.82) is 0 Å². The minimum atomic E-state index is -0.436. The summed E-state index contributed by atoms with van der Waals surface area (Å²) in [6, 6.07) is 9.24. The van der Waals surface area contributed by atoms with Crippen molar-refractivity contribution in [2.24, 2.45) is 0 Å². The zero-order chi connectivity index (χ0) is 19.2. The molecule has 1 aromatic carbocycles. The minimum Gasteiger partial charge on any atom is -0.436 e. The second kappa shape index (κ2) is 13.1. The summed E-state index contributed by atoms with van der Waals surface area (Å²) in [6.07, 6.45) is 3.83. The molecule has 5 heteroatoms. The van der Waals surface area contributed by atoms with Gasteiger partial charge in [0.05, 0.1) is 0 Å². The molecule has 1 aromatic heterocycles. The van der Waals surface area contributed by atoms with Gasteiger partial charge in [-0.25, -0.2) is 9.37 Å². The molecule has 138 valence electrons. The average Bonchev–Trinajstić information content (AvgIpc) is 2.62. The predicted molar refractivity (Wildman–Crippen MR) is 101 cm³/mol. The number of nitrogens with one attached hydrogen (secondary N) is 1. The highest BCUT2D eigenvalue weighted by molar-refractivity contribution is 5.32. The molecule has 1 N–H and O–H groups in total. The van der Waals surface area contributed by atoms with E-state index in [0.29, 0.717) is 11.7 Å². The standard InChI is InChI=1S/C17H20FNO.C2H7N.CH2O/c1-4-13(5-2)14-6-8-15(9-7-14)20-17-16(18)10-12(3)11-19-17;1-3-2;1-2/h6-11,13H,4-5H2,1-3H3;3H,1-2H3;1H2. The van der Waals surface area contributed by atoms with E-state index in [1.165, 1.54) is 11.6 Å². The first-order valence-corrected chi connectivity index (χ1v) is 8.32. The van der Waals surface area contributed by atoms with Crippen LogP contribution in [0.15, 0.2) is 36.5 Å². The van der Waals surface area contributed by atoms with Crippen LogP contribution in [0.25, 0.3) is 0 Å². The van der Waals surface area contributed by atoms with Crippen molar-refractivity contribution in [3.05, 3.63) is 53.5 Å². The number of nitrogens with zero attached hydrogens (tertiary/aromatic N) is 1. The minimum absolute atomic E-state index is 0.0193. The Bertz CT molecular complexity index is 599. The second-order valence-corrected chi connectivity index (χ2v) is 5.48. The fourth-order valence-electron chi connectivity index (χ4n) is 2.28. The number of hydrogen-bond acceptors (Lipinski definition) is 4. The number of benzene rings is 1. The summed E-state index contributed by atoms with van der Waals surface area (Å²) in [5, 5.41) is 2.75. The van der Waals surface area contributed by atoms with Gasteiger partial charge in [-0.15, -0.1) is 0 Å². The molecule has 0 saturated carbocycles. The molecule has 0 aliphatic carbocycles. The van der Waals surface area contributed by atoms with Crippen molar-refractivity contribution >= 4 is 6.79 Å². The van der Waals surface area contributed by atoms with Crippen molar-refractivity contribution in [2.75, 3.05) is 14.1 Å². The van der Waals surface area contributed by atoms with Gasteiger partial charge in [-0.05, 0) is 69.1 Å². The molecule has 0 unspecified atom stereocenters. The third kappa shape index (κ3) is 7.90. The van der Waals surface area contributed by atoms with Crippen LogP contribution >= 0.6 is 0 Å². The topological polar surface area (TPSA) is 51.2 Å². The van der Waals surface area contributed by atoms with E-state index >= 15 is 0 Å². The van der Waals surface area contributed by atoms with Gasteiger partial charge in [0.2, 0.25) is 0 Å². The molecule has 0 saturated heterocycles. The average molecular weight is 348 g/mol. The maximum absolute atomic E-state index is 13.7. The smallest absolute Gasteiger partial charge is 0.255 e. The molecule has 0 spiro atoms. The summed E-state index contributed by atoms with van der Waals surface area (Å²) in [5.41, 5.74) is 2.07. The molecule has 0 fully saturated rings. The third-order valence-electron chi connectivity index (χ3n) is 3.50. The Morgan fingerprint density at radius 2 is 1.68 bits per heavy atom. The molecule has 0 aliphatic rings. The number of carbonyl (C=O) groups excluding carboxylic acids is 1. The SMILES string of the molecule is C=O.CCC(CC)c1ccc(Oc2ncc(C)cc2F)cc1.CNC. The number of rotatable bonds is 5. The zero-order valence-corrected chi connectivity index (χ0v) is 15.8. The third-order valence-corrected chi connectivity index (χ3v) is 3.50. The first kappa shape index (κ1) is 22.7. The van der Waals surface area contributed by atoms with Gasteiger partial charge in [0.25, 0.3) is 5.88 Å². The summed E-state index contributed by atoms with van der Waals surface area (Å²) in [7, 11) is 3.75.